The Kier molecular flexibility index (Phi) is 12.4. The zero-order valence-corrected chi connectivity index (χ0v) is 15.6. The van der Waals surface area contributed by atoms with E-state index in [2.05, 4.69) is 46.8 Å². The Morgan fingerprint density at radius 1 is 1.19 bits per heavy atom. The Morgan fingerprint density at radius 2 is 1.95 bits per heavy atom. The summed E-state index contributed by atoms with van der Waals surface area (Å²) >= 11 is 0. The van der Waals surface area contributed by atoms with Crippen LogP contribution in [0.2, 0.25) is 0 Å². The first kappa shape index (κ1) is 20.2. The molecule has 0 amide bonds. The van der Waals surface area contributed by atoms with Crippen LogP contribution in [0.15, 0.2) is 29.3 Å². The second-order valence-corrected chi connectivity index (χ2v) is 4.68. The summed E-state index contributed by atoms with van der Waals surface area (Å²) in [5.41, 5.74) is 2.60. The molecule has 21 heavy (non-hydrogen) atoms. The first-order chi connectivity index (χ1) is 9.77. The van der Waals surface area contributed by atoms with E-state index in [1.54, 1.807) is 7.05 Å². The van der Waals surface area contributed by atoms with Crippen molar-refractivity contribution in [3.63, 3.8) is 0 Å². The van der Waals surface area contributed by atoms with Gasteiger partial charge in [0.25, 0.3) is 0 Å². The summed E-state index contributed by atoms with van der Waals surface area (Å²) in [5, 5.41) is 6.66. The Morgan fingerprint density at radius 3 is 2.62 bits per heavy atom. The molecule has 0 atom stereocenters. The predicted molar refractivity (Wildman–Crippen MR) is 101 cm³/mol. The number of guanidine groups is 1. The van der Waals surface area contributed by atoms with Crippen LogP contribution in [0, 0.1) is 6.92 Å². The van der Waals surface area contributed by atoms with Crippen LogP contribution < -0.4 is 10.6 Å². The first-order valence-electron chi connectivity index (χ1n) is 7.34. The fourth-order valence-electron chi connectivity index (χ4n) is 1.89. The normalized spacial score (nSPS) is 10.9. The SMILES string of the molecule is CCOCCCCNC(=NC)NCc1ccccc1C.I. The zero-order valence-electron chi connectivity index (χ0n) is 13.3. The average Bonchev–Trinajstić information content (AvgIpc) is 2.47. The van der Waals surface area contributed by atoms with E-state index in [0.29, 0.717) is 0 Å². The van der Waals surface area contributed by atoms with E-state index < -0.39 is 0 Å². The number of benzene rings is 1. The van der Waals surface area contributed by atoms with Crippen molar-refractivity contribution >= 4 is 29.9 Å². The third kappa shape index (κ3) is 8.93. The maximum atomic E-state index is 5.31. The molecular weight excluding hydrogens is 377 g/mol. The van der Waals surface area contributed by atoms with E-state index in [0.717, 1.165) is 45.1 Å². The highest BCUT2D eigenvalue weighted by Crippen LogP contribution is 2.05. The maximum Gasteiger partial charge on any atom is 0.191 e. The summed E-state index contributed by atoms with van der Waals surface area (Å²) in [6, 6.07) is 8.39. The molecule has 0 saturated heterocycles. The molecule has 2 N–H and O–H groups in total. The summed E-state index contributed by atoms with van der Waals surface area (Å²) < 4.78 is 5.31. The number of aryl methyl sites for hydroxylation is 1. The van der Waals surface area contributed by atoms with Crippen LogP contribution in [-0.2, 0) is 11.3 Å². The van der Waals surface area contributed by atoms with Gasteiger partial charge in [0.05, 0.1) is 0 Å². The predicted octanol–water partition coefficient (Wildman–Crippen LogP) is 3.09. The highest BCUT2D eigenvalue weighted by atomic mass is 127. The van der Waals surface area contributed by atoms with Crippen LogP contribution in [0.25, 0.3) is 0 Å². The van der Waals surface area contributed by atoms with E-state index in [9.17, 15) is 0 Å². The van der Waals surface area contributed by atoms with E-state index in [4.69, 9.17) is 4.74 Å². The number of unbranched alkanes of at least 4 members (excludes halogenated alkanes) is 1. The molecule has 0 radical (unpaired) electrons. The van der Waals surface area contributed by atoms with Crippen molar-refractivity contribution in [2.75, 3.05) is 26.8 Å². The van der Waals surface area contributed by atoms with Gasteiger partial charge in [-0.2, -0.15) is 0 Å². The van der Waals surface area contributed by atoms with Gasteiger partial charge in [0.1, 0.15) is 0 Å². The van der Waals surface area contributed by atoms with Gasteiger partial charge in [-0.15, -0.1) is 24.0 Å². The quantitative estimate of drug-likeness (QED) is 0.303. The largest absolute Gasteiger partial charge is 0.382 e. The van der Waals surface area contributed by atoms with E-state index in [1.165, 1.54) is 11.1 Å². The summed E-state index contributed by atoms with van der Waals surface area (Å²) in [6.07, 6.45) is 2.17. The molecule has 0 fully saturated rings. The minimum absolute atomic E-state index is 0. The number of rotatable bonds is 8. The van der Waals surface area contributed by atoms with Gasteiger partial charge in [-0.3, -0.25) is 4.99 Å². The highest BCUT2D eigenvalue weighted by Gasteiger charge is 2.00. The van der Waals surface area contributed by atoms with Crippen molar-refractivity contribution in [1.82, 2.24) is 10.6 Å². The number of nitrogens with zero attached hydrogens (tertiary/aromatic N) is 1. The second kappa shape index (κ2) is 12.9. The van der Waals surface area contributed by atoms with E-state index >= 15 is 0 Å². The molecule has 0 aromatic heterocycles. The second-order valence-electron chi connectivity index (χ2n) is 4.68. The molecule has 0 aliphatic carbocycles. The molecule has 0 heterocycles. The van der Waals surface area contributed by atoms with Crippen molar-refractivity contribution in [2.24, 2.45) is 4.99 Å². The first-order valence-corrected chi connectivity index (χ1v) is 7.34. The topological polar surface area (TPSA) is 45.6 Å². The number of nitrogens with one attached hydrogen (secondary N) is 2. The Bertz CT molecular complexity index is 410. The molecule has 1 rings (SSSR count). The fourth-order valence-corrected chi connectivity index (χ4v) is 1.89. The standard InChI is InChI=1S/C16H27N3O.HI/c1-4-20-12-8-7-11-18-16(17-3)19-13-15-10-6-5-9-14(15)2;/h5-6,9-10H,4,7-8,11-13H2,1-3H3,(H2,17,18,19);1H. The minimum Gasteiger partial charge on any atom is -0.382 e. The van der Waals surface area contributed by atoms with Crippen LogP contribution in [-0.4, -0.2) is 32.8 Å². The van der Waals surface area contributed by atoms with Crippen molar-refractivity contribution in [3.05, 3.63) is 35.4 Å². The van der Waals surface area contributed by atoms with Gasteiger partial charge in [-0.05, 0) is 37.8 Å². The lowest BCUT2D eigenvalue weighted by Gasteiger charge is -2.13. The van der Waals surface area contributed by atoms with E-state index in [-0.39, 0.29) is 24.0 Å². The lowest BCUT2D eigenvalue weighted by molar-refractivity contribution is 0.143. The van der Waals surface area contributed by atoms with Gasteiger partial charge in [-0.25, -0.2) is 0 Å². The van der Waals surface area contributed by atoms with Gasteiger partial charge in [0.15, 0.2) is 5.96 Å². The molecule has 0 unspecified atom stereocenters. The van der Waals surface area contributed by atoms with Crippen molar-refractivity contribution in [3.8, 4) is 0 Å². The lowest BCUT2D eigenvalue weighted by atomic mass is 10.1. The van der Waals surface area contributed by atoms with Crippen LogP contribution in [0.3, 0.4) is 0 Å². The van der Waals surface area contributed by atoms with Crippen LogP contribution in [0.5, 0.6) is 0 Å². The molecule has 0 aliphatic heterocycles. The Labute approximate surface area is 145 Å². The summed E-state index contributed by atoms with van der Waals surface area (Å²) in [6.45, 7) is 7.50. The van der Waals surface area contributed by atoms with E-state index in [1.807, 2.05) is 6.92 Å². The van der Waals surface area contributed by atoms with Crippen molar-refractivity contribution in [2.45, 2.75) is 33.2 Å². The third-order valence-electron chi connectivity index (χ3n) is 3.14. The molecule has 120 valence electrons. The third-order valence-corrected chi connectivity index (χ3v) is 3.14. The molecule has 0 aliphatic rings. The fraction of sp³-hybridized carbons (Fsp3) is 0.562. The van der Waals surface area contributed by atoms with Crippen molar-refractivity contribution in [1.29, 1.82) is 0 Å². The minimum atomic E-state index is 0. The molecule has 0 spiro atoms. The molecule has 4 nitrogen and oxygen atoms in total. The number of aliphatic imine (C=N–C) groups is 1. The zero-order chi connectivity index (χ0) is 14.6. The van der Waals surface area contributed by atoms with Gasteiger partial charge >= 0.3 is 0 Å². The summed E-state index contributed by atoms with van der Waals surface area (Å²) in [5.74, 6) is 0.852. The molecule has 0 saturated carbocycles. The monoisotopic (exact) mass is 405 g/mol. The number of hydrogen-bond donors (Lipinski definition) is 2. The van der Waals surface area contributed by atoms with Gasteiger partial charge in [0, 0.05) is 33.4 Å². The number of halogens is 1. The smallest absolute Gasteiger partial charge is 0.191 e. The molecule has 1 aromatic carbocycles. The van der Waals surface area contributed by atoms with Gasteiger partial charge in [-0.1, -0.05) is 24.3 Å². The number of hydrogen-bond acceptors (Lipinski definition) is 2. The van der Waals surface area contributed by atoms with Gasteiger partial charge < -0.3 is 15.4 Å². The molecular formula is C16H28IN3O. The molecule has 0 bridgehead atoms. The molecule has 5 heteroatoms. The Hall–Kier alpha value is -0.820. The van der Waals surface area contributed by atoms with Gasteiger partial charge in [0.2, 0.25) is 0 Å². The van der Waals surface area contributed by atoms with Crippen LogP contribution >= 0.6 is 24.0 Å². The molecule has 1 aromatic rings. The highest BCUT2D eigenvalue weighted by molar-refractivity contribution is 14.0. The lowest BCUT2D eigenvalue weighted by Crippen LogP contribution is -2.37. The average molecular weight is 405 g/mol. The summed E-state index contributed by atoms with van der Waals surface area (Å²) in [7, 11) is 1.80. The Balaban J connectivity index is 0.00000400. The summed E-state index contributed by atoms with van der Waals surface area (Å²) in [4.78, 5) is 4.23. The maximum absolute atomic E-state index is 5.31. The van der Waals surface area contributed by atoms with Crippen LogP contribution in [0.1, 0.15) is 30.9 Å². The number of ether oxygens (including phenoxy) is 1. The van der Waals surface area contributed by atoms with Crippen LogP contribution in [0.4, 0.5) is 0 Å². The van der Waals surface area contributed by atoms with Crippen molar-refractivity contribution < 1.29 is 4.74 Å².